The second-order valence-electron chi connectivity index (χ2n) is 5.09. The van der Waals surface area contributed by atoms with E-state index >= 15 is 0 Å². The van der Waals surface area contributed by atoms with Crippen molar-refractivity contribution in [2.75, 3.05) is 10.6 Å². The molecule has 0 aliphatic heterocycles. The van der Waals surface area contributed by atoms with Crippen LogP contribution < -0.4 is 10.6 Å². The third-order valence-electron chi connectivity index (χ3n) is 3.42. The molecule has 3 aromatic carbocycles. The highest BCUT2D eigenvalue weighted by molar-refractivity contribution is 6.44. The fraction of sp³-hybridized carbons (Fsp3) is 0. The molecular weight excluding hydrogens is 343 g/mol. The lowest BCUT2D eigenvalue weighted by atomic mass is 10.1. The Kier molecular flexibility index (Phi) is 5.04. The van der Waals surface area contributed by atoms with Crippen molar-refractivity contribution in [1.29, 1.82) is 0 Å². The van der Waals surface area contributed by atoms with Gasteiger partial charge in [0.05, 0.1) is 27.0 Å². The highest BCUT2D eigenvalue weighted by Gasteiger charge is 2.13. The van der Waals surface area contributed by atoms with Gasteiger partial charge in [-0.15, -0.1) is 0 Å². The van der Waals surface area contributed by atoms with E-state index in [9.17, 15) is 4.79 Å². The first-order chi connectivity index (χ1) is 11.6. The number of carbonyl (C=O) groups excluding carboxylic acids is 1. The molecule has 0 saturated heterocycles. The zero-order chi connectivity index (χ0) is 16.9. The van der Waals surface area contributed by atoms with Gasteiger partial charge in [-0.1, -0.05) is 59.6 Å². The quantitative estimate of drug-likeness (QED) is 0.602. The SMILES string of the molecule is O=C(Nc1cccc(Cl)c1Cl)c1ccccc1Nc1ccccc1. The highest BCUT2D eigenvalue weighted by Crippen LogP contribution is 2.30. The summed E-state index contributed by atoms with van der Waals surface area (Å²) in [6.07, 6.45) is 0. The maximum Gasteiger partial charge on any atom is 0.257 e. The van der Waals surface area contributed by atoms with Gasteiger partial charge in [0.15, 0.2) is 0 Å². The Hall–Kier alpha value is -2.49. The zero-order valence-electron chi connectivity index (χ0n) is 12.6. The predicted octanol–water partition coefficient (Wildman–Crippen LogP) is 5.99. The van der Waals surface area contributed by atoms with E-state index in [-0.39, 0.29) is 5.91 Å². The van der Waals surface area contributed by atoms with Crippen LogP contribution in [0.15, 0.2) is 72.8 Å². The first kappa shape index (κ1) is 16.4. The van der Waals surface area contributed by atoms with Crippen LogP contribution >= 0.6 is 23.2 Å². The molecule has 5 heteroatoms. The van der Waals surface area contributed by atoms with E-state index in [2.05, 4.69) is 10.6 Å². The summed E-state index contributed by atoms with van der Waals surface area (Å²) in [4.78, 5) is 12.6. The van der Waals surface area contributed by atoms with Gasteiger partial charge in [0.2, 0.25) is 0 Å². The van der Waals surface area contributed by atoms with Crippen LogP contribution in [0.2, 0.25) is 10.0 Å². The summed E-state index contributed by atoms with van der Waals surface area (Å²) in [5.41, 5.74) is 2.60. The lowest BCUT2D eigenvalue weighted by Crippen LogP contribution is -2.14. The molecule has 3 rings (SSSR count). The fourth-order valence-corrected chi connectivity index (χ4v) is 2.60. The van der Waals surface area contributed by atoms with Gasteiger partial charge in [-0.3, -0.25) is 4.79 Å². The largest absolute Gasteiger partial charge is 0.355 e. The third-order valence-corrected chi connectivity index (χ3v) is 4.24. The van der Waals surface area contributed by atoms with Crippen LogP contribution in [0, 0.1) is 0 Å². The van der Waals surface area contributed by atoms with Crippen molar-refractivity contribution in [3.05, 3.63) is 88.4 Å². The summed E-state index contributed by atoms with van der Waals surface area (Å²) in [5.74, 6) is -0.266. The number of para-hydroxylation sites is 2. The van der Waals surface area contributed by atoms with E-state index in [0.717, 1.165) is 5.69 Å². The molecule has 3 nitrogen and oxygen atoms in total. The minimum Gasteiger partial charge on any atom is -0.355 e. The number of rotatable bonds is 4. The van der Waals surface area contributed by atoms with Crippen molar-refractivity contribution in [3.63, 3.8) is 0 Å². The smallest absolute Gasteiger partial charge is 0.257 e. The summed E-state index contributed by atoms with van der Waals surface area (Å²) in [6.45, 7) is 0. The number of amides is 1. The molecule has 0 bridgehead atoms. The van der Waals surface area contributed by atoms with E-state index in [4.69, 9.17) is 23.2 Å². The van der Waals surface area contributed by atoms with Crippen LogP contribution in [0.3, 0.4) is 0 Å². The average molecular weight is 357 g/mol. The molecule has 0 aliphatic rings. The Labute approximate surface area is 150 Å². The predicted molar refractivity (Wildman–Crippen MR) is 101 cm³/mol. The molecule has 0 unspecified atom stereocenters. The molecule has 0 saturated carbocycles. The number of benzene rings is 3. The van der Waals surface area contributed by atoms with E-state index in [1.165, 1.54) is 0 Å². The average Bonchev–Trinajstić information content (AvgIpc) is 2.60. The molecule has 3 aromatic rings. The molecule has 120 valence electrons. The number of halogens is 2. The molecule has 1 amide bonds. The van der Waals surface area contributed by atoms with Crippen molar-refractivity contribution in [1.82, 2.24) is 0 Å². The Morgan fingerprint density at radius 1 is 0.750 bits per heavy atom. The molecule has 2 N–H and O–H groups in total. The number of nitrogens with one attached hydrogen (secondary N) is 2. The lowest BCUT2D eigenvalue weighted by Gasteiger charge is -2.13. The third kappa shape index (κ3) is 3.70. The van der Waals surface area contributed by atoms with Crippen molar-refractivity contribution in [2.45, 2.75) is 0 Å². The van der Waals surface area contributed by atoms with Gasteiger partial charge in [0, 0.05) is 5.69 Å². The van der Waals surface area contributed by atoms with E-state index < -0.39 is 0 Å². The molecule has 0 fully saturated rings. The van der Waals surface area contributed by atoms with Crippen molar-refractivity contribution in [2.24, 2.45) is 0 Å². The first-order valence-corrected chi connectivity index (χ1v) is 8.07. The molecule has 0 spiro atoms. The van der Waals surface area contributed by atoms with E-state index in [0.29, 0.717) is 27.0 Å². The Morgan fingerprint density at radius 2 is 1.42 bits per heavy atom. The van der Waals surface area contributed by atoms with Gasteiger partial charge in [-0.25, -0.2) is 0 Å². The standard InChI is InChI=1S/C19H14Cl2N2O/c20-15-10-6-12-17(18(15)21)23-19(24)14-9-4-5-11-16(14)22-13-7-2-1-3-8-13/h1-12,22H,(H,23,24). The molecule has 24 heavy (non-hydrogen) atoms. The number of hydrogen-bond donors (Lipinski definition) is 2. The van der Waals surface area contributed by atoms with Crippen LogP contribution in [0.1, 0.15) is 10.4 Å². The zero-order valence-corrected chi connectivity index (χ0v) is 14.1. The maximum absolute atomic E-state index is 12.6. The summed E-state index contributed by atoms with van der Waals surface area (Å²) in [5, 5.41) is 6.76. The molecule has 0 radical (unpaired) electrons. The second-order valence-corrected chi connectivity index (χ2v) is 5.88. The molecule has 0 aromatic heterocycles. The Balaban J connectivity index is 1.86. The monoisotopic (exact) mass is 356 g/mol. The normalized spacial score (nSPS) is 10.2. The van der Waals surface area contributed by atoms with Gasteiger partial charge in [0.1, 0.15) is 0 Å². The van der Waals surface area contributed by atoms with Gasteiger partial charge < -0.3 is 10.6 Å². The van der Waals surface area contributed by atoms with Crippen molar-refractivity contribution < 1.29 is 4.79 Å². The van der Waals surface area contributed by atoms with Crippen molar-refractivity contribution in [3.8, 4) is 0 Å². The van der Waals surface area contributed by atoms with Gasteiger partial charge >= 0.3 is 0 Å². The van der Waals surface area contributed by atoms with E-state index in [1.54, 1.807) is 24.3 Å². The number of anilines is 3. The maximum atomic E-state index is 12.6. The highest BCUT2D eigenvalue weighted by atomic mass is 35.5. The summed E-state index contributed by atoms with van der Waals surface area (Å²) >= 11 is 12.1. The summed E-state index contributed by atoms with van der Waals surface area (Å²) in [7, 11) is 0. The Morgan fingerprint density at radius 3 is 2.21 bits per heavy atom. The van der Waals surface area contributed by atoms with E-state index in [1.807, 2.05) is 48.5 Å². The van der Waals surface area contributed by atoms with Gasteiger partial charge in [-0.05, 0) is 36.4 Å². The van der Waals surface area contributed by atoms with Gasteiger partial charge in [-0.2, -0.15) is 0 Å². The molecule has 0 aliphatic carbocycles. The summed E-state index contributed by atoms with van der Waals surface area (Å²) in [6, 6.07) is 22.0. The minimum absolute atomic E-state index is 0.266. The van der Waals surface area contributed by atoms with Crippen LogP contribution in [-0.2, 0) is 0 Å². The fourth-order valence-electron chi connectivity index (χ4n) is 2.26. The van der Waals surface area contributed by atoms with Crippen LogP contribution in [0.5, 0.6) is 0 Å². The number of carbonyl (C=O) groups is 1. The van der Waals surface area contributed by atoms with Crippen LogP contribution in [0.4, 0.5) is 17.1 Å². The summed E-state index contributed by atoms with van der Waals surface area (Å²) < 4.78 is 0. The topological polar surface area (TPSA) is 41.1 Å². The minimum atomic E-state index is -0.266. The van der Waals surface area contributed by atoms with Crippen LogP contribution in [0.25, 0.3) is 0 Å². The molecule has 0 atom stereocenters. The Bertz CT molecular complexity index is 866. The lowest BCUT2D eigenvalue weighted by molar-refractivity contribution is 0.102. The molecule has 0 heterocycles. The second kappa shape index (κ2) is 7.39. The molecular formula is C19H14Cl2N2O. The van der Waals surface area contributed by atoms with Crippen molar-refractivity contribution >= 4 is 46.2 Å². The van der Waals surface area contributed by atoms with Crippen LogP contribution in [-0.4, -0.2) is 5.91 Å². The van der Waals surface area contributed by atoms with Gasteiger partial charge in [0.25, 0.3) is 5.91 Å². The number of hydrogen-bond acceptors (Lipinski definition) is 2. The first-order valence-electron chi connectivity index (χ1n) is 7.31.